The standard InChI is InChI=1S/C16H15ClFNO/c1-9-3-4-11(6-13(9)18)15-8-19-14-7-12(17)5-10(2)16(14)20-15/h3-7,15,19H,8H2,1-2H3. The van der Waals surface area contributed by atoms with E-state index in [2.05, 4.69) is 5.32 Å². The second-order valence-corrected chi connectivity index (χ2v) is 5.53. The maximum absolute atomic E-state index is 13.7. The van der Waals surface area contributed by atoms with Crippen molar-refractivity contribution in [1.82, 2.24) is 0 Å². The van der Waals surface area contributed by atoms with E-state index < -0.39 is 0 Å². The fraction of sp³-hybridized carbons (Fsp3) is 0.250. The van der Waals surface area contributed by atoms with Gasteiger partial charge in [-0.3, -0.25) is 0 Å². The number of anilines is 1. The predicted octanol–water partition coefficient (Wildman–Crippen LogP) is 4.64. The third-order valence-electron chi connectivity index (χ3n) is 3.55. The summed E-state index contributed by atoms with van der Waals surface area (Å²) in [7, 11) is 0. The molecule has 20 heavy (non-hydrogen) atoms. The monoisotopic (exact) mass is 291 g/mol. The maximum Gasteiger partial charge on any atom is 0.146 e. The first kappa shape index (κ1) is 13.3. The molecule has 0 bridgehead atoms. The van der Waals surface area contributed by atoms with Crippen LogP contribution in [-0.2, 0) is 0 Å². The minimum absolute atomic E-state index is 0.197. The molecule has 0 aromatic heterocycles. The van der Waals surface area contributed by atoms with Crippen molar-refractivity contribution in [2.75, 3.05) is 11.9 Å². The summed E-state index contributed by atoms with van der Waals surface area (Å²) in [5.41, 5.74) is 3.33. The SMILES string of the molecule is Cc1ccc(C2CNc3cc(Cl)cc(C)c3O2)cc1F. The summed E-state index contributed by atoms with van der Waals surface area (Å²) in [4.78, 5) is 0. The molecule has 1 atom stereocenters. The fourth-order valence-electron chi connectivity index (χ4n) is 2.40. The Labute approximate surface area is 122 Å². The molecule has 1 aliphatic heterocycles. The maximum atomic E-state index is 13.7. The van der Waals surface area contributed by atoms with Crippen LogP contribution in [0.4, 0.5) is 10.1 Å². The number of halogens is 2. The minimum Gasteiger partial charge on any atom is -0.481 e. The van der Waals surface area contributed by atoms with Gasteiger partial charge in [0.25, 0.3) is 0 Å². The number of nitrogens with one attached hydrogen (secondary N) is 1. The number of ether oxygens (including phenoxy) is 1. The molecule has 2 aromatic rings. The van der Waals surface area contributed by atoms with Gasteiger partial charge in [0.05, 0.1) is 12.2 Å². The van der Waals surface area contributed by atoms with Gasteiger partial charge in [-0.1, -0.05) is 23.7 Å². The lowest BCUT2D eigenvalue weighted by Crippen LogP contribution is -2.24. The van der Waals surface area contributed by atoms with Crippen molar-refractivity contribution in [1.29, 1.82) is 0 Å². The summed E-state index contributed by atoms with van der Waals surface area (Å²) in [6.07, 6.45) is -0.197. The molecular formula is C16H15ClFNO. The zero-order valence-electron chi connectivity index (χ0n) is 11.3. The highest BCUT2D eigenvalue weighted by atomic mass is 35.5. The Morgan fingerprint density at radius 1 is 1.20 bits per heavy atom. The third kappa shape index (κ3) is 2.34. The Bertz CT molecular complexity index is 672. The quantitative estimate of drug-likeness (QED) is 0.826. The van der Waals surface area contributed by atoms with Gasteiger partial charge < -0.3 is 10.1 Å². The number of hydrogen-bond acceptors (Lipinski definition) is 2. The van der Waals surface area contributed by atoms with E-state index in [1.807, 2.05) is 25.1 Å². The number of aryl methyl sites for hydroxylation is 2. The zero-order chi connectivity index (χ0) is 14.3. The Hall–Kier alpha value is -1.74. The van der Waals surface area contributed by atoms with Crippen molar-refractivity contribution in [2.24, 2.45) is 0 Å². The van der Waals surface area contributed by atoms with E-state index >= 15 is 0 Å². The molecule has 0 fully saturated rings. The van der Waals surface area contributed by atoms with E-state index in [0.29, 0.717) is 17.1 Å². The van der Waals surface area contributed by atoms with Gasteiger partial charge in [-0.05, 0) is 48.7 Å². The molecule has 4 heteroatoms. The number of fused-ring (bicyclic) bond motifs is 1. The average Bonchev–Trinajstić information content (AvgIpc) is 2.41. The minimum atomic E-state index is -0.204. The van der Waals surface area contributed by atoms with E-state index in [-0.39, 0.29) is 11.9 Å². The van der Waals surface area contributed by atoms with Crippen molar-refractivity contribution in [2.45, 2.75) is 20.0 Å². The van der Waals surface area contributed by atoms with Gasteiger partial charge in [-0.2, -0.15) is 0 Å². The largest absolute Gasteiger partial charge is 0.481 e. The molecule has 2 nitrogen and oxygen atoms in total. The second kappa shape index (κ2) is 4.98. The summed E-state index contributed by atoms with van der Waals surface area (Å²) >= 11 is 6.03. The van der Waals surface area contributed by atoms with Gasteiger partial charge >= 0.3 is 0 Å². The van der Waals surface area contributed by atoms with Crippen LogP contribution in [0.15, 0.2) is 30.3 Å². The average molecular weight is 292 g/mol. The van der Waals surface area contributed by atoms with Crippen LogP contribution in [0.5, 0.6) is 5.75 Å². The highest BCUT2D eigenvalue weighted by molar-refractivity contribution is 6.31. The summed E-state index contributed by atoms with van der Waals surface area (Å²) < 4.78 is 19.7. The summed E-state index contributed by atoms with van der Waals surface area (Å²) in [5, 5.41) is 3.97. The molecule has 0 aliphatic carbocycles. The first-order valence-corrected chi connectivity index (χ1v) is 6.89. The lowest BCUT2D eigenvalue weighted by atomic mass is 10.0. The van der Waals surface area contributed by atoms with Crippen molar-refractivity contribution < 1.29 is 9.13 Å². The Morgan fingerprint density at radius 2 is 2.00 bits per heavy atom. The molecule has 1 N–H and O–H groups in total. The lowest BCUT2D eigenvalue weighted by molar-refractivity contribution is 0.208. The van der Waals surface area contributed by atoms with Crippen molar-refractivity contribution in [3.63, 3.8) is 0 Å². The van der Waals surface area contributed by atoms with Crippen LogP contribution in [0.25, 0.3) is 0 Å². The van der Waals surface area contributed by atoms with Gasteiger partial charge in [-0.25, -0.2) is 4.39 Å². The first-order chi connectivity index (χ1) is 9.54. The highest BCUT2D eigenvalue weighted by Crippen LogP contribution is 2.39. The van der Waals surface area contributed by atoms with Crippen LogP contribution in [-0.4, -0.2) is 6.54 Å². The molecule has 104 valence electrons. The Morgan fingerprint density at radius 3 is 2.75 bits per heavy atom. The molecule has 1 aliphatic rings. The van der Waals surface area contributed by atoms with Crippen molar-refractivity contribution in [3.8, 4) is 5.75 Å². The van der Waals surface area contributed by atoms with Crippen LogP contribution in [0.2, 0.25) is 5.02 Å². The Kier molecular flexibility index (Phi) is 3.30. The number of benzene rings is 2. The van der Waals surface area contributed by atoms with Crippen LogP contribution < -0.4 is 10.1 Å². The van der Waals surface area contributed by atoms with Gasteiger partial charge in [0.1, 0.15) is 17.7 Å². The second-order valence-electron chi connectivity index (χ2n) is 5.10. The summed E-state index contributed by atoms with van der Waals surface area (Å²) in [6, 6.07) is 8.92. The molecule has 1 heterocycles. The van der Waals surface area contributed by atoms with Crippen LogP contribution in [0, 0.1) is 19.7 Å². The molecule has 2 aromatic carbocycles. The molecule has 0 saturated carbocycles. The topological polar surface area (TPSA) is 21.3 Å². The smallest absolute Gasteiger partial charge is 0.146 e. The molecule has 3 rings (SSSR count). The van der Waals surface area contributed by atoms with Crippen LogP contribution in [0.3, 0.4) is 0 Å². The van der Waals surface area contributed by atoms with E-state index in [1.165, 1.54) is 6.07 Å². The van der Waals surface area contributed by atoms with E-state index in [0.717, 1.165) is 22.6 Å². The zero-order valence-corrected chi connectivity index (χ0v) is 12.1. The summed E-state index contributed by atoms with van der Waals surface area (Å²) in [6.45, 7) is 4.29. The normalized spacial score (nSPS) is 17.1. The van der Waals surface area contributed by atoms with Crippen molar-refractivity contribution in [3.05, 3.63) is 57.9 Å². The van der Waals surface area contributed by atoms with Gasteiger partial charge in [0.2, 0.25) is 0 Å². The molecule has 0 spiro atoms. The molecule has 1 unspecified atom stereocenters. The fourth-order valence-corrected chi connectivity index (χ4v) is 2.67. The Balaban J connectivity index is 1.93. The lowest BCUT2D eigenvalue weighted by Gasteiger charge is -2.29. The van der Waals surface area contributed by atoms with E-state index in [4.69, 9.17) is 16.3 Å². The molecule has 0 amide bonds. The summed E-state index contributed by atoms with van der Waals surface area (Å²) in [5.74, 6) is 0.580. The number of rotatable bonds is 1. The molecule has 0 saturated heterocycles. The van der Waals surface area contributed by atoms with Crippen LogP contribution in [0.1, 0.15) is 22.8 Å². The first-order valence-electron chi connectivity index (χ1n) is 6.51. The van der Waals surface area contributed by atoms with Gasteiger partial charge in [0.15, 0.2) is 0 Å². The molecular weight excluding hydrogens is 277 g/mol. The van der Waals surface area contributed by atoms with Crippen molar-refractivity contribution >= 4 is 17.3 Å². The third-order valence-corrected chi connectivity index (χ3v) is 3.76. The predicted molar refractivity (Wildman–Crippen MR) is 79.2 cm³/mol. The van der Waals surface area contributed by atoms with Gasteiger partial charge in [-0.15, -0.1) is 0 Å². The highest BCUT2D eigenvalue weighted by Gasteiger charge is 2.23. The van der Waals surface area contributed by atoms with Gasteiger partial charge in [0, 0.05) is 5.02 Å². The van der Waals surface area contributed by atoms with E-state index in [9.17, 15) is 4.39 Å². The molecule has 0 radical (unpaired) electrons. The van der Waals surface area contributed by atoms with E-state index in [1.54, 1.807) is 13.0 Å². The number of hydrogen-bond donors (Lipinski definition) is 1. The van der Waals surface area contributed by atoms with Crippen LogP contribution >= 0.6 is 11.6 Å².